The predicted molar refractivity (Wildman–Crippen MR) is 85.9 cm³/mol. The summed E-state index contributed by atoms with van der Waals surface area (Å²) in [5.74, 6) is 1.26. The summed E-state index contributed by atoms with van der Waals surface area (Å²) < 4.78 is 0.390. The van der Waals surface area contributed by atoms with E-state index in [1.54, 1.807) is 0 Å². The molecule has 0 amide bonds. The van der Waals surface area contributed by atoms with Crippen LogP contribution in [-0.2, 0) is 0 Å². The molecule has 0 aromatic rings. The van der Waals surface area contributed by atoms with Crippen molar-refractivity contribution in [2.75, 3.05) is 45.0 Å². The highest BCUT2D eigenvalue weighted by atomic mass is 32.2. The summed E-state index contributed by atoms with van der Waals surface area (Å²) in [4.78, 5) is 5.32. The van der Waals surface area contributed by atoms with E-state index in [4.69, 9.17) is 5.73 Å². The van der Waals surface area contributed by atoms with Crippen LogP contribution < -0.4 is 5.73 Å². The molecule has 0 saturated carbocycles. The van der Waals surface area contributed by atoms with Gasteiger partial charge in [-0.15, -0.1) is 0 Å². The third-order valence-corrected chi connectivity index (χ3v) is 6.10. The topological polar surface area (TPSA) is 32.5 Å². The Morgan fingerprint density at radius 2 is 1.84 bits per heavy atom. The molecule has 0 aromatic carbocycles. The zero-order valence-corrected chi connectivity index (χ0v) is 13.8. The van der Waals surface area contributed by atoms with Gasteiger partial charge in [-0.2, -0.15) is 11.8 Å². The van der Waals surface area contributed by atoms with Gasteiger partial charge < -0.3 is 10.6 Å². The van der Waals surface area contributed by atoms with E-state index in [0.29, 0.717) is 4.75 Å². The van der Waals surface area contributed by atoms with Crippen LogP contribution in [0.25, 0.3) is 0 Å². The van der Waals surface area contributed by atoms with Gasteiger partial charge in [0.2, 0.25) is 0 Å². The lowest BCUT2D eigenvalue weighted by Gasteiger charge is -2.52. The third kappa shape index (κ3) is 3.66. The van der Waals surface area contributed by atoms with Crippen molar-refractivity contribution in [3.8, 4) is 0 Å². The van der Waals surface area contributed by atoms with Crippen LogP contribution in [0, 0.1) is 0 Å². The molecule has 3 nitrogen and oxygen atoms in total. The van der Waals surface area contributed by atoms with Crippen molar-refractivity contribution in [3.63, 3.8) is 0 Å². The van der Waals surface area contributed by atoms with E-state index >= 15 is 0 Å². The van der Waals surface area contributed by atoms with E-state index < -0.39 is 0 Å². The number of hydrogen-bond donors (Lipinski definition) is 1. The number of nitrogens with zero attached hydrogens (tertiary/aromatic N) is 2. The van der Waals surface area contributed by atoms with Crippen molar-refractivity contribution in [1.82, 2.24) is 9.80 Å². The van der Waals surface area contributed by atoms with E-state index in [1.165, 1.54) is 57.7 Å². The summed E-state index contributed by atoms with van der Waals surface area (Å²) in [5, 5.41) is 0. The largest absolute Gasteiger partial charge is 0.329 e. The Morgan fingerprint density at radius 1 is 1.16 bits per heavy atom. The maximum absolute atomic E-state index is 6.21. The van der Waals surface area contributed by atoms with E-state index in [-0.39, 0.29) is 5.54 Å². The van der Waals surface area contributed by atoms with Crippen LogP contribution in [0.1, 0.15) is 40.0 Å². The number of piperidine rings is 1. The summed E-state index contributed by atoms with van der Waals surface area (Å²) >= 11 is 2.11. The van der Waals surface area contributed by atoms with Gasteiger partial charge in [-0.25, -0.2) is 0 Å². The molecule has 2 N–H and O–H groups in total. The molecule has 4 heteroatoms. The first kappa shape index (κ1) is 15.6. The molecule has 0 radical (unpaired) electrons. The molecule has 0 aromatic heterocycles. The lowest BCUT2D eigenvalue weighted by molar-refractivity contribution is 0.0237. The Morgan fingerprint density at radius 3 is 2.37 bits per heavy atom. The highest BCUT2D eigenvalue weighted by molar-refractivity contribution is 8.00. The molecule has 0 bridgehead atoms. The smallest absolute Gasteiger partial charge is 0.0356 e. The quantitative estimate of drug-likeness (QED) is 0.856. The van der Waals surface area contributed by atoms with Crippen molar-refractivity contribution < 1.29 is 0 Å². The highest BCUT2D eigenvalue weighted by Gasteiger charge is 2.42. The SMILES string of the molecule is CCCN1CCC(CN)(N2CCSC(C)(C)C2)CC1. The fraction of sp³-hybridized carbons (Fsp3) is 1.00. The Labute approximate surface area is 123 Å². The molecule has 2 aliphatic rings. The molecule has 2 fully saturated rings. The van der Waals surface area contributed by atoms with Crippen molar-refractivity contribution in [1.29, 1.82) is 0 Å². The third-order valence-electron chi connectivity index (χ3n) is 4.80. The lowest BCUT2D eigenvalue weighted by Crippen LogP contribution is -2.63. The number of nitrogens with two attached hydrogens (primary N) is 1. The first-order valence-electron chi connectivity index (χ1n) is 7.83. The van der Waals surface area contributed by atoms with Gasteiger partial charge in [0, 0.05) is 35.7 Å². The fourth-order valence-corrected chi connectivity index (χ4v) is 4.69. The molecule has 0 spiro atoms. The Balaban J connectivity index is 1.99. The van der Waals surface area contributed by atoms with Crippen LogP contribution in [0.15, 0.2) is 0 Å². The lowest BCUT2D eigenvalue weighted by atomic mass is 9.84. The Kier molecular flexibility index (Phi) is 5.21. The molecule has 0 aliphatic carbocycles. The minimum atomic E-state index is 0.280. The molecule has 0 atom stereocenters. The number of rotatable bonds is 4. The molecule has 0 unspecified atom stereocenters. The van der Waals surface area contributed by atoms with E-state index in [2.05, 4.69) is 42.3 Å². The minimum Gasteiger partial charge on any atom is -0.329 e. The maximum Gasteiger partial charge on any atom is 0.0356 e. The molecule has 2 saturated heterocycles. The second-order valence-corrected chi connectivity index (χ2v) is 8.60. The van der Waals surface area contributed by atoms with Crippen molar-refractivity contribution in [2.24, 2.45) is 5.73 Å². The van der Waals surface area contributed by atoms with Crippen LogP contribution in [0.2, 0.25) is 0 Å². The summed E-state index contributed by atoms with van der Waals surface area (Å²) in [6.07, 6.45) is 3.78. The first-order chi connectivity index (χ1) is 9.01. The van der Waals surface area contributed by atoms with Crippen molar-refractivity contribution in [3.05, 3.63) is 0 Å². The van der Waals surface area contributed by atoms with Gasteiger partial charge in [0.05, 0.1) is 0 Å². The second-order valence-electron chi connectivity index (χ2n) is 6.80. The van der Waals surface area contributed by atoms with Crippen LogP contribution in [0.3, 0.4) is 0 Å². The zero-order valence-electron chi connectivity index (χ0n) is 13.0. The summed E-state index contributed by atoms with van der Waals surface area (Å²) in [7, 11) is 0. The normalized spacial score (nSPS) is 28.4. The second kappa shape index (κ2) is 6.33. The van der Waals surface area contributed by atoms with Crippen molar-refractivity contribution in [2.45, 2.75) is 50.3 Å². The maximum atomic E-state index is 6.21. The van der Waals surface area contributed by atoms with Crippen LogP contribution in [0.4, 0.5) is 0 Å². The van der Waals surface area contributed by atoms with Gasteiger partial charge in [0.1, 0.15) is 0 Å². The molecule has 19 heavy (non-hydrogen) atoms. The summed E-state index contributed by atoms with van der Waals surface area (Å²) in [6.45, 7) is 14.0. The van der Waals surface area contributed by atoms with Gasteiger partial charge in [0.25, 0.3) is 0 Å². The first-order valence-corrected chi connectivity index (χ1v) is 8.81. The minimum absolute atomic E-state index is 0.280. The van der Waals surface area contributed by atoms with Gasteiger partial charge in [-0.3, -0.25) is 4.90 Å². The number of likely N-dealkylation sites (tertiary alicyclic amines) is 1. The summed E-state index contributed by atoms with van der Waals surface area (Å²) in [5.41, 5.74) is 6.49. The van der Waals surface area contributed by atoms with Crippen LogP contribution in [0.5, 0.6) is 0 Å². The van der Waals surface area contributed by atoms with Gasteiger partial charge in [0.15, 0.2) is 0 Å². The van der Waals surface area contributed by atoms with Crippen LogP contribution >= 0.6 is 11.8 Å². The molecule has 2 heterocycles. The summed E-state index contributed by atoms with van der Waals surface area (Å²) in [6, 6.07) is 0. The fourth-order valence-electron chi connectivity index (χ4n) is 3.58. The Bertz CT molecular complexity index is 285. The van der Waals surface area contributed by atoms with Gasteiger partial charge in [-0.05, 0) is 52.7 Å². The monoisotopic (exact) mass is 285 g/mol. The van der Waals surface area contributed by atoms with Gasteiger partial charge in [-0.1, -0.05) is 6.92 Å². The highest BCUT2D eigenvalue weighted by Crippen LogP contribution is 2.36. The van der Waals surface area contributed by atoms with E-state index in [0.717, 1.165) is 6.54 Å². The van der Waals surface area contributed by atoms with E-state index in [9.17, 15) is 0 Å². The predicted octanol–water partition coefficient (Wildman–Crippen LogP) is 2.02. The molecular weight excluding hydrogens is 254 g/mol. The van der Waals surface area contributed by atoms with Crippen LogP contribution in [-0.4, -0.2) is 65.1 Å². The number of thioether (sulfide) groups is 1. The number of hydrogen-bond acceptors (Lipinski definition) is 4. The Hall–Kier alpha value is 0.230. The standard InChI is InChI=1S/C15H31N3S/c1-4-7-17-8-5-15(12-16,6-9-17)18-10-11-19-14(2,3)13-18/h4-13,16H2,1-3H3. The molecule has 2 aliphatic heterocycles. The van der Waals surface area contributed by atoms with Gasteiger partial charge >= 0.3 is 0 Å². The van der Waals surface area contributed by atoms with Crippen molar-refractivity contribution >= 4 is 11.8 Å². The average molecular weight is 286 g/mol. The zero-order chi connectivity index (χ0) is 13.9. The molecular formula is C15H31N3S. The molecule has 2 rings (SSSR count). The average Bonchev–Trinajstić information content (AvgIpc) is 2.39. The van der Waals surface area contributed by atoms with E-state index in [1.807, 2.05) is 0 Å². The molecule has 112 valence electrons.